The minimum atomic E-state index is -0.118. The van der Waals surface area contributed by atoms with Crippen molar-refractivity contribution in [3.63, 3.8) is 0 Å². The number of hydrogen-bond donors (Lipinski definition) is 2. The molecule has 2 aromatic rings. The Morgan fingerprint density at radius 1 is 1.48 bits per heavy atom. The van der Waals surface area contributed by atoms with Gasteiger partial charge in [-0.15, -0.1) is 6.42 Å². The fourth-order valence-corrected chi connectivity index (χ4v) is 3.46. The Kier molecular flexibility index (Phi) is 2.72. The van der Waals surface area contributed by atoms with Gasteiger partial charge in [0, 0.05) is 30.0 Å². The van der Waals surface area contributed by atoms with Gasteiger partial charge in [0.25, 0.3) is 5.91 Å². The highest BCUT2D eigenvalue weighted by atomic mass is 16.2. The molecule has 21 heavy (non-hydrogen) atoms. The van der Waals surface area contributed by atoms with Gasteiger partial charge in [-0.25, -0.2) is 4.98 Å². The molecule has 2 aromatic heterocycles. The van der Waals surface area contributed by atoms with Crippen LogP contribution in [-0.4, -0.2) is 33.9 Å². The molecule has 1 amide bonds. The van der Waals surface area contributed by atoms with Gasteiger partial charge in [-0.3, -0.25) is 4.79 Å². The van der Waals surface area contributed by atoms with E-state index in [4.69, 9.17) is 6.42 Å². The zero-order valence-corrected chi connectivity index (χ0v) is 11.5. The molecule has 4 rings (SSSR count). The Morgan fingerprint density at radius 3 is 3.10 bits per heavy atom. The number of piperidine rings is 1. The van der Waals surface area contributed by atoms with Crippen LogP contribution in [0.4, 0.5) is 0 Å². The van der Waals surface area contributed by atoms with Gasteiger partial charge in [0.2, 0.25) is 0 Å². The molecule has 2 fully saturated rings. The molecule has 5 nitrogen and oxygen atoms in total. The van der Waals surface area contributed by atoms with E-state index in [1.54, 1.807) is 12.4 Å². The molecule has 5 heteroatoms. The first-order valence-electron chi connectivity index (χ1n) is 7.21. The molecule has 0 spiro atoms. The van der Waals surface area contributed by atoms with Crippen LogP contribution >= 0.6 is 0 Å². The molecule has 3 unspecified atom stereocenters. The Bertz CT molecular complexity index is 757. The van der Waals surface area contributed by atoms with Crippen molar-refractivity contribution in [2.45, 2.75) is 24.9 Å². The van der Waals surface area contributed by atoms with Crippen molar-refractivity contribution in [1.82, 2.24) is 20.0 Å². The molecular formula is C16H16N4O. The quantitative estimate of drug-likeness (QED) is 0.800. The van der Waals surface area contributed by atoms with Gasteiger partial charge in [-0.05, 0) is 31.4 Å². The highest BCUT2D eigenvalue weighted by molar-refractivity contribution is 5.92. The van der Waals surface area contributed by atoms with E-state index in [0.29, 0.717) is 17.7 Å². The lowest BCUT2D eigenvalue weighted by atomic mass is 10.1. The number of fused-ring (bicyclic) bond motifs is 3. The molecular weight excluding hydrogens is 264 g/mol. The molecule has 3 heterocycles. The number of nitrogens with zero attached hydrogens (tertiary/aromatic N) is 2. The Hall–Kier alpha value is -2.32. The molecule has 2 bridgehead atoms. The summed E-state index contributed by atoms with van der Waals surface area (Å²) in [6.07, 6.45) is 12.8. The molecule has 1 saturated heterocycles. The summed E-state index contributed by atoms with van der Waals surface area (Å²) in [5, 5.41) is 6.54. The standard InChI is InChI=1S/C16H16N4O/c1-2-10-3-12-7-18-15(9-20(12)8-10)16(21)19-14-5-11-4-13(14)17-6-11/h1,3,7-9,11,13-14,17H,4-6H2,(H,19,21). The average Bonchev–Trinajstić information content (AvgIpc) is 3.20. The summed E-state index contributed by atoms with van der Waals surface area (Å²) in [7, 11) is 0. The zero-order chi connectivity index (χ0) is 14.4. The van der Waals surface area contributed by atoms with Crippen LogP contribution in [0.15, 0.2) is 24.7 Å². The second-order valence-electron chi connectivity index (χ2n) is 5.91. The maximum atomic E-state index is 12.3. The van der Waals surface area contributed by atoms with Crippen molar-refractivity contribution in [3.05, 3.63) is 35.9 Å². The third-order valence-electron chi connectivity index (χ3n) is 4.52. The summed E-state index contributed by atoms with van der Waals surface area (Å²) in [6.45, 7) is 1.08. The van der Waals surface area contributed by atoms with Crippen LogP contribution in [0.2, 0.25) is 0 Å². The number of carbonyl (C=O) groups excluding carboxylic acids is 1. The highest BCUT2D eigenvalue weighted by Gasteiger charge is 2.40. The highest BCUT2D eigenvalue weighted by Crippen LogP contribution is 2.31. The molecule has 106 valence electrons. The van der Waals surface area contributed by atoms with E-state index in [-0.39, 0.29) is 11.9 Å². The van der Waals surface area contributed by atoms with Crippen molar-refractivity contribution in [2.24, 2.45) is 5.92 Å². The number of hydrogen-bond acceptors (Lipinski definition) is 3. The minimum Gasteiger partial charge on any atom is -0.346 e. The van der Waals surface area contributed by atoms with Crippen LogP contribution in [0, 0.1) is 18.3 Å². The Balaban J connectivity index is 1.55. The molecule has 0 aromatic carbocycles. The molecule has 1 aliphatic carbocycles. The Morgan fingerprint density at radius 2 is 2.38 bits per heavy atom. The fourth-order valence-electron chi connectivity index (χ4n) is 3.46. The SMILES string of the molecule is C#Cc1cc2cnc(C(=O)NC3CC4CNC3C4)cn2c1. The maximum absolute atomic E-state index is 12.3. The van der Waals surface area contributed by atoms with E-state index in [1.807, 2.05) is 16.7 Å². The van der Waals surface area contributed by atoms with Crippen LogP contribution in [0.3, 0.4) is 0 Å². The molecule has 1 saturated carbocycles. The predicted octanol–water partition coefficient (Wildman–Crippen LogP) is 0.796. The van der Waals surface area contributed by atoms with Gasteiger partial charge in [-0.2, -0.15) is 0 Å². The molecule has 3 atom stereocenters. The van der Waals surface area contributed by atoms with Gasteiger partial charge in [0.05, 0.1) is 11.7 Å². The van der Waals surface area contributed by atoms with E-state index >= 15 is 0 Å². The largest absolute Gasteiger partial charge is 0.346 e. The number of nitrogens with one attached hydrogen (secondary N) is 2. The van der Waals surface area contributed by atoms with Gasteiger partial charge in [-0.1, -0.05) is 5.92 Å². The van der Waals surface area contributed by atoms with E-state index in [2.05, 4.69) is 21.5 Å². The number of amides is 1. The third-order valence-corrected chi connectivity index (χ3v) is 4.52. The van der Waals surface area contributed by atoms with Crippen molar-refractivity contribution in [2.75, 3.05) is 6.54 Å². The Labute approximate surface area is 122 Å². The third kappa shape index (κ3) is 2.08. The molecule has 0 radical (unpaired) electrons. The lowest BCUT2D eigenvalue weighted by molar-refractivity contribution is 0.0923. The molecule has 2 aliphatic rings. The minimum absolute atomic E-state index is 0.118. The number of rotatable bonds is 2. The fraction of sp³-hybridized carbons (Fsp3) is 0.375. The van der Waals surface area contributed by atoms with Crippen molar-refractivity contribution < 1.29 is 4.79 Å². The summed E-state index contributed by atoms with van der Waals surface area (Å²) in [5.74, 6) is 3.17. The van der Waals surface area contributed by atoms with Crippen molar-refractivity contribution in [1.29, 1.82) is 0 Å². The first-order valence-corrected chi connectivity index (χ1v) is 7.21. The summed E-state index contributed by atoms with van der Waals surface area (Å²) in [4.78, 5) is 16.6. The second kappa shape index (κ2) is 4.61. The zero-order valence-electron chi connectivity index (χ0n) is 11.5. The van der Waals surface area contributed by atoms with Gasteiger partial charge in [0.1, 0.15) is 5.69 Å². The first-order chi connectivity index (χ1) is 10.2. The van der Waals surface area contributed by atoms with E-state index in [1.165, 1.54) is 6.42 Å². The normalized spacial score (nSPS) is 26.9. The molecule has 2 N–H and O–H groups in total. The van der Waals surface area contributed by atoms with Crippen LogP contribution in [0.1, 0.15) is 28.9 Å². The van der Waals surface area contributed by atoms with E-state index < -0.39 is 0 Å². The monoisotopic (exact) mass is 280 g/mol. The average molecular weight is 280 g/mol. The lowest BCUT2D eigenvalue weighted by Gasteiger charge is -2.23. The smallest absolute Gasteiger partial charge is 0.271 e. The van der Waals surface area contributed by atoms with Crippen molar-refractivity contribution in [3.8, 4) is 12.3 Å². The number of carbonyl (C=O) groups is 1. The lowest BCUT2D eigenvalue weighted by Crippen LogP contribution is -2.48. The van der Waals surface area contributed by atoms with Gasteiger partial charge < -0.3 is 15.0 Å². The van der Waals surface area contributed by atoms with E-state index in [0.717, 1.165) is 24.0 Å². The van der Waals surface area contributed by atoms with Crippen LogP contribution in [-0.2, 0) is 0 Å². The maximum Gasteiger partial charge on any atom is 0.271 e. The predicted molar refractivity (Wildman–Crippen MR) is 78.9 cm³/mol. The number of aromatic nitrogens is 2. The number of terminal acetylenes is 1. The van der Waals surface area contributed by atoms with Crippen molar-refractivity contribution >= 4 is 11.4 Å². The summed E-state index contributed by atoms with van der Waals surface area (Å²) in [6, 6.07) is 2.51. The summed E-state index contributed by atoms with van der Waals surface area (Å²) >= 11 is 0. The first kappa shape index (κ1) is 12.4. The van der Waals surface area contributed by atoms with Gasteiger partial charge in [0.15, 0.2) is 0 Å². The topological polar surface area (TPSA) is 58.4 Å². The summed E-state index contributed by atoms with van der Waals surface area (Å²) < 4.78 is 1.84. The molecule has 1 aliphatic heterocycles. The second-order valence-corrected chi connectivity index (χ2v) is 5.91. The van der Waals surface area contributed by atoms with Crippen LogP contribution in [0.25, 0.3) is 5.52 Å². The van der Waals surface area contributed by atoms with E-state index in [9.17, 15) is 4.79 Å². The van der Waals surface area contributed by atoms with Gasteiger partial charge >= 0.3 is 0 Å². The summed E-state index contributed by atoms with van der Waals surface area (Å²) in [5.41, 5.74) is 2.09. The van der Waals surface area contributed by atoms with Crippen LogP contribution in [0.5, 0.6) is 0 Å². The van der Waals surface area contributed by atoms with Crippen LogP contribution < -0.4 is 10.6 Å².